The van der Waals surface area contributed by atoms with Crippen molar-refractivity contribution in [3.63, 3.8) is 0 Å². The Morgan fingerprint density at radius 1 is 1.14 bits per heavy atom. The number of rotatable bonds is 5. The molecule has 0 bridgehead atoms. The molecule has 0 aliphatic heterocycles. The predicted octanol–water partition coefficient (Wildman–Crippen LogP) is 2.92. The van der Waals surface area contributed by atoms with E-state index in [2.05, 4.69) is 0 Å². The Bertz CT molecular complexity index is 635. The molecule has 2 rings (SSSR count). The van der Waals surface area contributed by atoms with Gasteiger partial charge in [-0.3, -0.25) is 9.69 Å². The summed E-state index contributed by atoms with van der Waals surface area (Å²) in [6, 6.07) is 18.6. The van der Waals surface area contributed by atoms with Crippen molar-refractivity contribution in [1.29, 1.82) is 5.26 Å². The van der Waals surface area contributed by atoms with Gasteiger partial charge in [0.1, 0.15) is 6.54 Å². The number of amides is 1. The van der Waals surface area contributed by atoms with Crippen molar-refractivity contribution in [2.75, 3.05) is 22.9 Å². The van der Waals surface area contributed by atoms with Crippen LogP contribution in [0, 0.1) is 11.3 Å². The lowest BCUT2D eigenvalue weighted by atomic mass is 10.3. The van der Waals surface area contributed by atoms with E-state index in [0.29, 0.717) is 5.69 Å². The van der Waals surface area contributed by atoms with Gasteiger partial charge in [0.25, 0.3) is 0 Å². The highest BCUT2D eigenvalue weighted by Gasteiger charge is 2.15. The molecule has 21 heavy (non-hydrogen) atoms. The highest BCUT2D eigenvalue weighted by molar-refractivity contribution is 8.00. The number of hydrogen-bond donors (Lipinski definition) is 1. The average Bonchev–Trinajstić information content (AvgIpc) is 2.52. The molecule has 0 aliphatic rings. The Hall–Kier alpha value is -2.45. The highest BCUT2D eigenvalue weighted by Crippen LogP contribution is 2.21. The van der Waals surface area contributed by atoms with Crippen molar-refractivity contribution < 1.29 is 4.79 Å². The summed E-state index contributed by atoms with van der Waals surface area (Å²) in [5.74, 6) is 0.185. The molecule has 0 saturated carbocycles. The number of carbonyl (C=O) groups is 1. The van der Waals surface area contributed by atoms with Crippen LogP contribution in [0.3, 0.4) is 0 Å². The number of nitrogens with two attached hydrogens (primary N) is 1. The molecule has 1 amide bonds. The SMILES string of the molecule is N#CCN(C(=O)CSc1ccc(N)cc1)c1ccccc1. The summed E-state index contributed by atoms with van der Waals surface area (Å²) in [4.78, 5) is 14.8. The Morgan fingerprint density at radius 2 is 1.81 bits per heavy atom. The van der Waals surface area contributed by atoms with Crippen LogP contribution in [0.15, 0.2) is 59.5 Å². The Morgan fingerprint density at radius 3 is 2.43 bits per heavy atom. The molecule has 0 fully saturated rings. The molecule has 2 aromatic carbocycles. The molecule has 106 valence electrons. The van der Waals surface area contributed by atoms with Crippen molar-refractivity contribution in [3.05, 3.63) is 54.6 Å². The van der Waals surface area contributed by atoms with E-state index in [-0.39, 0.29) is 18.2 Å². The van der Waals surface area contributed by atoms with Gasteiger partial charge in [-0.2, -0.15) is 5.26 Å². The molecule has 0 spiro atoms. The molecular weight excluding hydrogens is 282 g/mol. The zero-order valence-corrected chi connectivity index (χ0v) is 12.2. The second-order valence-corrected chi connectivity index (χ2v) is 5.38. The Labute approximate surface area is 128 Å². The topological polar surface area (TPSA) is 70.1 Å². The molecule has 0 aromatic heterocycles. The van der Waals surface area contributed by atoms with Crippen molar-refractivity contribution in [1.82, 2.24) is 0 Å². The summed E-state index contributed by atoms with van der Waals surface area (Å²) in [5.41, 5.74) is 7.06. The number of carbonyl (C=O) groups excluding carboxylic acids is 1. The molecule has 0 heterocycles. The van der Waals surface area contributed by atoms with Crippen LogP contribution in [0.5, 0.6) is 0 Å². The minimum atomic E-state index is -0.0930. The third-order valence-corrected chi connectivity index (χ3v) is 3.84. The first-order valence-electron chi connectivity index (χ1n) is 6.41. The number of nitrogen functional groups attached to an aromatic ring is 1. The summed E-state index contributed by atoms with van der Waals surface area (Å²) in [6.07, 6.45) is 0. The lowest BCUT2D eigenvalue weighted by Gasteiger charge is -2.19. The van der Waals surface area contributed by atoms with Gasteiger partial charge in [-0.25, -0.2) is 0 Å². The van der Waals surface area contributed by atoms with Crippen LogP contribution in [-0.4, -0.2) is 18.2 Å². The second kappa shape index (κ2) is 7.36. The predicted molar refractivity (Wildman–Crippen MR) is 86.0 cm³/mol. The molecular formula is C16H15N3OS. The number of nitrogens with zero attached hydrogens (tertiary/aromatic N) is 2. The van der Waals surface area contributed by atoms with E-state index in [1.54, 1.807) is 12.1 Å². The minimum Gasteiger partial charge on any atom is -0.399 e. The zero-order chi connectivity index (χ0) is 15.1. The number of hydrogen-bond acceptors (Lipinski definition) is 4. The van der Waals surface area contributed by atoms with Crippen molar-refractivity contribution >= 4 is 29.0 Å². The third kappa shape index (κ3) is 4.26. The van der Waals surface area contributed by atoms with Crippen molar-refractivity contribution in [2.45, 2.75) is 4.90 Å². The Balaban J connectivity index is 2.02. The van der Waals surface area contributed by atoms with Crippen LogP contribution < -0.4 is 10.6 Å². The van der Waals surface area contributed by atoms with Crippen LogP contribution in [0.2, 0.25) is 0 Å². The monoisotopic (exact) mass is 297 g/mol. The maximum atomic E-state index is 12.3. The third-order valence-electron chi connectivity index (χ3n) is 2.84. The van der Waals surface area contributed by atoms with Gasteiger partial charge >= 0.3 is 0 Å². The van der Waals surface area contributed by atoms with Crippen molar-refractivity contribution in [2.24, 2.45) is 0 Å². The maximum absolute atomic E-state index is 12.3. The van der Waals surface area contributed by atoms with Gasteiger partial charge < -0.3 is 5.73 Å². The first kappa shape index (κ1) is 14.9. The highest BCUT2D eigenvalue weighted by atomic mass is 32.2. The van der Waals surface area contributed by atoms with E-state index in [1.807, 2.05) is 48.5 Å². The van der Waals surface area contributed by atoms with Crippen LogP contribution in [0.25, 0.3) is 0 Å². The average molecular weight is 297 g/mol. The molecule has 0 atom stereocenters. The summed E-state index contributed by atoms with van der Waals surface area (Å²) in [6.45, 7) is 0.0468. The van der Waals surface area contributed by atoms with Crippen LogP contribution >= 0.6 is 11.8 Å². The van der Waals surface area contributed by atoms with Gasteiger partial charge in [-0.05, 0) is 36.4 Å². The smallest absolute Gasteiger partial charge is 0.238 e. The van der Waals surface area contributed by atoms with Crippen molar-refractivity contribution in [3.8, 4) is 6.07 Å². The van der Waals surface area contributed by atoms with E-state index < -0.39 is 0 Å². The fourth-order valence-corrected chi connectivity index (χ4v) is 2.56. The quantitative estimate of drug-likeness (QED) is 0.523. The summed E-state index contributed by atoms with van der Waals surface area (Å²) >= 11 is 1.43. The van der Waals surface area contributed by atoms with Crippen LogP contribution in [0.1, 0.15) is 0 Å². The lowest BCUT2D eigenvalue weighted by molar-refractivity contribution is -0.116. The van der Waals surface area contributed by atoms with Gasteiger partial charge in [0.2, 0.25) is 5.91 Å². The van der Waals surface area contributed by atoms with Crippen LogP contribution in [-0.2, 0) is 4.79 Å². The molecule has 4 nitrogen and oxygen atoms in total. The summed E-state index contributed by atoms with van der Waals surface area (Å²) in [7, 11) is 0. The first-order valence-corrected chi connectivity index (χ1v) is 7.40. The van der Waals surface area contributed by atoms with Gasteiger partial charge in [0.05, 0.1) is 11.8 Å². The minimum absolute atomic E-state index is 0.0468. The van der Waals surface area contributed by atoms with Gasteiger partial charge in [0, 0.05) is 16.3 Å². The van der Waals surface area contributed by atoms with E-state index in [9.17, 15) is 4.79 Å². The standard InChI is InChI=1S/C16H15N3OS/c17-10-11-19(14-4-2-1-3-5-14)16(20)12-21-15-8-6-13(18)7-9-15/h1-9H,11-12,18H2. The Kier molecular flexibility index (Phi) is 5.24. The van der Waals surface area contributed by atoms with Gasteiger partial charge in [-0.15, -0.1) is 11.8 Å². The van der Waals surface area contributed by atoms with Gasteiger partial charge in [-0.1, -0.05) is 18.2 Å². The van der Waals surface area contributed by atoms with E-state index in [1.165, 1.54) is 16.7 Å². The molecule has 0 unspecified atom stereocenters. The first-order chi connectivity index (χ1) is 10.2. The maximum Gasteiger partial charge on any atom is 0.238 e. The van der Waals surface area contributed by atoms with E-state index in [0.717, 1.165) is 10.6 Å². The second-order valence-electron chi connectivity index (χ2n) is 4.33. The lowest BCUT2D eigenvalue weighted by Crippen LogP contribution is -2.32. The number of thioether (sulfide) groups is 1. The molecule has 5 heteroatoms. The molecule has 2 N–H and O–H groups in total. The van der Waals surface area contributed by atoms with Gasteiger partial charge in [0.15, 0.2) is 0 Å². The number of nitriles is 1. The fraction of sp³-hybridized carbons (Fsp3) is 0.125. The van der Waals surface area contributed by atoms with Crippen LogP contribution in [0.4, 0.5) is 11.4 Å². The number of para-hydroxylation sites is 1. The number of anilines is 2. The van der Waals surface area contributed by atoms with E-state index >= 15 is 0 Å². The molecule has 0 radical (unpaired) electrons. The largest absolute Gasteiger partial charge is 0.399 e. The number of benzene rings is 2. The molecule has 0 aliphatic carbocycles. The normalized spacial score (nSPS) is 9.86. The molecule has 0 saturated heterocycles. The zero-order valence-electron chi connectivity index (χ0n) is 11.4. The fourth-order valence-electron chi connectivity index (χ4n) is 1.79. The van der Waals surface area contributed by atoms with E-state index in [4.69, 9.17) is 11.0 Å². The summed E-state index contributed by atoms with van der Waals surface area (Å²) in [5, 5.41) is 8.90. The summed E-state index contributed by atoms with van der Waals surface area (Å²) < 4.78 is 0. The molecule has 2 aromatic rings.